The van der Waals surface area contributed by atoms with Crippen LogP contribution < -0.4 is 5.32 Å². The van der Waals surface area contributed by atoms with Crippen LogP contribution in [0.3, 0.4) is 0 Å². The molecule has 1 aliphatic rings. The molecule has 1 aromatic rings. The van der Waals surface area contributed by atoms with E-state index < -0.39 is 0 Å². The molecule has 0 bridgehead atoms. The molecule has 1 fully saturated rings. The van der Waals surface area contributed by atoms with Crippen molar-refractivity contribution in [3.05, 3.63) is 23.8 Å². The summed E-state index contributed by atoms with van der Waals surface area (Å²) in [6, 6.07) is 4.96. The fraction of sp³-hybridized carbons (Fsp3) is 0.571. The van der Waals surface area contributed by atoms with Crippen molar-refractivity contribution >= 4 is 0 Å². The van der Waals surface area contributed by atoms with E-state index in [-0.39, 0.29) is 11.5 Å². The number of aromatic hydroxyl groups is 2. The molecule has 0 amide bonds. The lowest BCUT2D eigenvalue weighted by Crippen LogP contribution is -2.37. The van der Waals surface area contributed by atoms with Crippen molar-refractivity contribution in [3.8, 4) is 11.5 Å². The zero-order valence-electron chi connectivity index (χ0n) is 10.9. The van der Waals surface area contributed by atoms with Crippen LogP contribution in [0.15, 0.2) is 18.2 Å². The van der Waals surface area contributed by atoms with Gasteiger partial charge in [0, 0.05) is 13.1 Å². The SMILES string of the molecule is CN1CCCC(CNCc2ccc(O)c(O)c2)C1. The van der Waals surface area contributed by atoms with E-state index in [0.717, 1.165) is 31.1 Å². The first-order valence-corrected chi connectivity index (χ1v) is 6.55. The largest absolute Gasteiger partial charge is 0.504 e. The zero-order chi connectivity index (χ0) is 13.0. The summed E-state index contributed by atoms with van der Waals surface area (Å²) in [5.74, 6) is 0.605. The van der Waals surface area contributed by atoms with E-state index in [9.17, 15) is 10.2 Å². The van der Waals surface area contributed by atoms with Crippen LogP contribution in [0.2, 0.25) is 0 Å². The maximum Gasteiger partial charge on any atom is 0.157 e. The Hall–Kier alpha value is -1.26. The Morgan fingerprint density at radius 2 is 2.17 bits per heavy atom. The van der Waals surface area contributed by atoms with E-state index >= 15 is 0 Å². The molecule has 100 valence electrons. The lowest BCUT2D eigenvalue weighted by atomic mass is 9.98. The number of hydrogen-bond acceptors (Lipinski definition) is 4. The third kappa shape index (κ3) is 3.62. The Morgan fingerprint density at radius 3 is 2.89 bits per heavy atom. The Kier molecular flexibility index (Phi) is 4.44. The minimum absolute atomic E-state index is 0.0494. The van der Waals surface area contributed by atoms with Gasteiger partial charge >= 0.3 is 0 Å². The number of nitrogens with zero attached hydrogens (tertiary/aromatic N) is 1. The molecule has 0 radical (unpaired) electrons. The summed E-state index contributed by atoms with van der Waals surface area (Å²) in [5.41, 5.74) is 0.995. The summed E-state index contributed by atoms with van der Waals surface area (Å²) in [4.78, 5) is 2.38. The molecule has 4 heteroatoms. The number of phenolic OH excluding ortho intramolecular Hbond substituents is 2. The van der Waals surface area contributed by atoms with Gasteiger partial charge in [-0.25, -0.2) is 0 Å². The van der Waals surface area contributed by atoms with Crippen molar-refractivity contribution < 1.29 is 10.2 Å². The maximum absolute atomic E-state index is 9.40. The number of likely N-dealkylation sites (tertiary alicyclic amines) is 1. The van der Waals surface area contributed by atoms with Gasteiger partial charge in [0.2, 0.25) is 0 Å². The standard InChI is InChI=1S/C14H22N2O2/c1-16-6-2-3-12(10-16)9-15-8-11-4-5-13(17)14(18)7-11/h4-5,7,12,15,17-18H,2-3,6,8-10H2,1H3. The van der Waals surface area contributed by atoms with E-state index in [1.807, 2.05) is 6.07 Å². The van der Waals surface area contributed by atoms with Gasteiger partial charge in [0.1, 0.15) is 0 Å². The molecule has 2 rings (SSSR count). The lowest BCUT2D eigenvalue weighted by Gasteiger charge is -2.29. The highest BCUT2D eigenvalue weighted by Gasteiger charge is 2.16. The average Bonchev–Trinajstić information content (AvgIpc) is 2.34. The van der Waals surface area contributed by atoms with Crippen LogP contribution >= 0.6 is 0 Å². The van der Waals surface area contributed by atoms with Crippen LogP contribution in [0.1, 0.15) is 18.4 Å². The molecular formula is C14H22N2O2. The first-order valence-electron chi connectivity index (χ1n) is 6.55. The molecule has 1 unspecified atom stereocenters. The summed E-state index contributed by atoms with van der Waals surface area (Å²) >= 11 is 0. The highest BCUT2D eigenvalue weighted by atomic mass is 16.3. The third-order valence-electron chi connectivity index (χ3n) is 3.52. The minimum Gasteiger partial charge on any atom is -0.504 e. The summed E-state index contributed by atoms with van der Waals surface area (Å²) in [6.45, 7) is 4.11. The molecule has 1 saturated heterocycles. The number of benzene rings is 1. The van der Waals surface area contributed by atoms with Crippen LogP contribution in [0.4, 0.5) is 0 Å². The highest BCUT2D eigenvalue weighted by molar-refractivity contribution is 5.40. The van der Waals surface area contributed by atoms with Gasteiger partial charge in [0.15, 0.2) is 11.5 Å². The van der Waals surface area contributed by atoms with E-state index in [0.29, 0.717) is 0 Å². The van der Waals surface area contributed by atoms with Crippen molar-refractivity contribution in [1.82, 2.24) is 10.2 Å². The normalized spacial score (nSPS) is 21.1. The average molecular weight is 250 g/mol. The minimum atomic E-state index is -0.0624. The highest BCUT2D eigenvalue weighted by Crippen LogP contribution is 2.24. The quantitative estimate of drug-likeness (QED) is 0.709. The van der Waals surface area contributed by atoms with Crippen molar-refractivity contribution in [2.24, 2.45) is 5.92 Å². The number of nitrogens with one attached hydrogen (secondary N) is 1. The summed E-state index contributed by atoms with van der Waals surface area (Å²) in [5, 5.41) is 22.0. The van der Waals surface area contributed by atoms with Crippen LogP contribution in [0.25, 0.3) is 0 Å². The molecule has 18 heavy (non-hydrogen) atoms. The fourth-order valence-corrected chi connectivity index (χ4v) is 2.54. The summed E-state index contributed by atoms with van der Waals surface area (Å²) in [7, 11) is 2.17. The van der Waals surface area contributed by atoms with E-state index in [4.69, 9.17) is 0 Å². The third-order valence-corrected chi connectivity index (χ3v) is 3.52. The predicted octanol–water partition coefficient (Wildman–Crippen LogP) is 1.53. The van der Waals surface area contributed by atoms with Gasteiger partial charge in [-0.1, -0.05) is 6.07 Å². The molecule has 3 N–H and O–H groups in total. The molecule has 4 nitrogen and oxygen atoms in total. The van der Waals surface area contributed by atoms with Crippen LogP contribution in [0, 0.1) is 5.92 Å². The smallest absolute Gasteiger partial charge is 0.157 e. The number of piperidine rings is 1. The molecule has 0 spiro atoms. The lowest BCUT2D eigenvalue weighted by molar-refractivity contribution is 0.206. The number of hydrogen-bond donors (Lipinski definition) is 3. The second-order valence-electron chi connectivity index (χ2n) is 5.22. The Bertz CT molecular complexity index is 395. The Morgan fingerprint density at radius 1 is 1.33 bits per heavy atom. The number of phenols is 2. The van der Waals surface area contributed by atoms with Crippen molar-refractivity contribution in [1.29, 1.82) is 0 Å². The Balaban J connectivity index is 1.76. The fourth-order valence-electron chi connectivity index (χ4n) is 2.54. The van der Waals surface area contributed by atoms with Gasteiger partial charge in [-0.2, -0.15) is 0 Å². The predicted molar refractivity (Wildman–Crippen MR) is 71.7 cm³/mol. The monoisotopic (exact) mass is 250 g/mol. The molecule has 0 aromatic heterocycles. The summed E-state index contributed by atoms with van der Waals surface area (Å²) < 4.78 is 0. The maximum atomic E-state index is 9.40. The molecule has 1 aliphatic heterocycles. The number of rotatable bonds is 4. The molecule has 0 saturated carbocycles. The second-order valence-corrected chi connectivity index (χ2v) is 5.22. The van der Waals surface area contributed by atoms with E-state index in [1.165, 1.54) is 25.5 Å². The van der Waals surface area contributed by atoms with Crippen molar-refractivity contribution in [3.63, 3.8) is 0 Å². The second kappa shape index (κ2) is 6.07. The molecule has 1 aromatic carbocycles. The van der Waals surface area contributed by atoms with Gasteiger partial charge in [-0.15, -0.1) is 0 Å². The topological polar surface area (TPSA) is 55.7 Å². The molecule has 1 heterocycles. The molecule has 1 atom stereocenters. The summed E-state index contributed by atoms with van der Waals surface area (Å²) in [6.07, 6.45) is 2.57. The molecule has 0 aliphatic carbocycles. The van der Waals surface area contributed by atoms with Crippen LogP contribution in [0.5, 0.6) is 11.5 Å². The van der Waals surface area contributed by atoms with Gasteiger partial charge in [-0.05, 0) is 56.6 Å². The van der Waals surface area contributed by atoms with Gasteiger partial charge in [0.05, 0.1) is 0 Å². The van der Waals surface area contributed by atoms with Gasteiger partial charge in [0.25, 0.3) is 0 Å². The van der Waals surface area contributed by atoms with Crippen LogP contribution in [-0.4, -0.2) is 41.8 Å². The van der Waals surface area contributed by atoms with E-state index in [2.05, 4.69) is 17.3 Å². The van der Waals surface area contributed by atoms with Crippen LogP contribution in [-0.2, 0) is 6.54 Å². The van der Waals surface area contributed by atoms with Crippen molar-refractivity contribution in [2.45, 2.75) is 19.4 Å². The first kappa shape index (κ1) is 13.2. The first-order chi connectivity index (χ1) is 8.65. The van der Waals surface area contributed by atoms with Gasteiger partial charge in [-0.3, -0.25) is 0 Å². The Labute approximate surface area is 108 Å². The molecular weight excluding hydrogens is 228 g/mol. The van der Waals surface area contributed by atoms with E-state index in [1.54, 1.807) is 6.07 Å². The zero-order valence-corrected chi connectivity index (χ0v) is 10.9. The van der Waals surface area contributed by atoms with Crippen molar-refractivity contribution in [2.75, 3.05) is 26.7 Å². The van der Waals surface area contributed by atoms with Gasteiger partial charge < -0.3 is 20.4 Å².